The Morgan fingerprint density at radius 2 is 1.23 bits per heavy atom. The van der Waals surface area contributed by atoms with Gasteiger partial charge in [0.15, 0.2) is 0 Å². The lowest BCUT2D eigenvalue weighted by molar-refractivity contribution is -0.143. The van der Waals surface area contributed by atoms with Crippen molar-refractivity contribution >= 4 is 40.7 Å². The Kier molecular flexibility index (Phi) is 5.81. The van der Waals surface area contributed by atoms with Crippen LogP contribution in [0.3, 0.4) is 0 Å². The number of carbonyl (C=O) groups is 2. The van der Waals surface area contributed by atoms with Crippen LogP contribution in [0.5, 0.6) is 0 Å². The van der Waals surface area contributed by atoms with Gasteiger partial charge in [-0.15, -0.1) is 0 Å². The number of carbonyl (C=O) groups excluding carboxylic acids is 2. The Morgan fingerprint density at radius 3 is 1.63 bits per heavy atom. The lowest BCUT2D eigenvalue weighted by atomic mass is 9.88. The predicted molar refractivity (Wildman–Crippen MR) is 97.4 cm³/mol. The van der Waals surface area contributed by atoms with Gasteiger partial charge in [0.1, 0.15) is 0 Å². The molecule has 3 nitrogen and oxygen atoms in total. The zero-order chi connectivity index (χ0) is 22.4. The lowest BCUT2D eigenvalue weighted by Gasteiger charge is -2.31. The summed E-state index contributed by atoms with van der Waals surface area (Å²) < 4.78 is 78.5. The van der Waals surface area contributed by atoms with E-state index in [4.69, 9.17) is 23.2 Å². The van der Waals surface area contributed by atoms with Crippen LogP contribution in [0.4, 0.5) is 32.0 Å². The summed E-state index contributed by atoms with van der Waals surface area (Å²) in [6.45, 7) is 0. The molecule has 0 spiro atoms. The van der Waals surface area contributed by atoms with Crippen molar-refractivity contribution in [2.45, 2.75) is 31.1 Å². The van der Waals surface area contributed by atoms with Gasteiger partial charge in [-0.1, -0.05) is 29.3 Å². The summed E-state index contributed by atoms with van der Waals surface area (Å²) in [5.74, 6) is -2.67. The molecule has 11 heteroatoms. The molecule has 2 aromatic carbocycles. The molecular formula is C19H11Cl2F6NO2. The van der Waals surface area contributed by atoms with E-state index in [1.807, 2.05) is 0 Å². The van der Waals surface area contributed by atoms with Crippen LogP contribution in [0.15, 0.2) is 36.4 Å². The molecule has 0 aliphatic carbocycles. The van der Waals surface area contributed by atoms with Gasteiger partial charge in [-0.3, -0.25) is 14.5 Å². The molecule has 0 bridgehead atoms. The van der Waals surface area contributed by atoms with E-state index in [2.05, 4.69) is 0 Å². The van der Waals surface area contributed by atoms with E-state index in [1.165, 1.54) is 12.1 Å². The molecule has 1 fully saturated rings. The van der Waals surface area contributed by atoms with Crippen LogP contribution in [0, 0.1) is 0 Å². The number of amides is 2. The zero-order valence-electron chi connectivity index (χ0n) is 14.7. The summed E-state index contributed by atoms with van der Waals surface area (Å²) in [6, 6.07) is 5.14. The monoisotopic (exact) mass is 469 g/mol. The van der Waals surface area contributed by atoms with E-state index < -0.39 is 46.9 Å². The largest absolute Gasteiger partial charge is 0.416 e. The van der Waals surface area contributed by atoms with Gasteiger partial charge in [-0.2, -0.15) is 26.3 Å². The van der Waals surface area contributed by atoms with Gasteiger partial charge in [0.05, 0.1) is 16.8 Å². The summed E-state index contributed by atoms with van der Waals surface area (Å²) >= 11 is 12.2. The van der Waals surface area contributed by atoms with Gasteiger partial charge in [0, 0.05) is 28.8 Å². The van der Waals surface area contributed by atoms with Crippen molar-refractivity contribution in [1.29, 1.82) is 0 Å². The third kappa shape index (κ3) is 4.41. The Morgan fingerprint density at radius 1 is 0.800 bits per heavy atom. The lowest BCUT2D eigenvalue weighted by Crippen LogP contribution is -2.43. The molecule has 3 rings (SSSR count). The number of anilines is 1. The molecule has 0 saturated carbocycles. The quantitative estimate of drug-likeness (QED) is 0.373. The minimum atomic E-state index is -5.11. The second kappa shape index (κ2) is 7.77. The molecule has 0 unspecified atom stereocenters. The summed E-state index contributed by atoms with van der Waals surface area (Å²) in [7, 11) is 0. The summed E-state index contributed by atoms with van der Waals surface area (Å²) in [6.07, 6.45) is -10.9. The third-order valence-corrected chi connectivity index (χ3v) is 5.24. The van der Waals surface area contributed by atoms with Crippen molar-refractivity contribution in [1.82, 2.24) is 0 Å². The molecule has 1 saturated heterocycles. The van der Waals surface area contributed by atoms with E-state index in [-0.39, 0.29) is 29.0 Å². The topological polar surface area (TPSA) is 37.4 Å². The Hall–Kier alpha value is -2.26. The number of hydrogen-bond acceptors (Lipinski definition) is 2. The van der Waals surface area contributed by atoms with E-state index >= 15 is 0 Å². The average molecular weight is 470 g/mol. The molecule has 0 radical (unpaired) electrons. The molecule has 0 aromatic heterocycles. The van der Waals surface area contributed by atoms with Gasteiger partial charge >= 0.3 is 12.4 Å². The van der Waals surface area contributed by atoms with E-state index in [9.17, 15) is 35.9 Å². The molecule has 1 aliphatic heterocycles. The van der Waals surface area contributed by atoms with Crippen molar-refractivity contribution in [3.63, 3.8) is 0 Å². The summed E-state index contributed by atoms with van der Waals surface area (Å²) in [5.41, 5.74) is -3.72. The minimum Gasteiger partial charge on any atom is -0.274 e. The van der Waals surface area contributed by atoms with E-state index in [1.54, 1.807) is 6.07 Å². The number of piperidine rings is 1. The maximum atomic E-state index is 13.1. The predicted octanol–water partition coefficient (Wildman–Crippen LogP) is 6.47. The third-order valence-electron chi connectivity index (χ3n) is 4.58. The fourth-order valence-electron chi connectivity index (χ4n) is 3.28. The second-order valence-electron chi connectivity index (χ2n) is 6.63. The van der Waals surface area contributed by atoms with Crippen molar-refractivity contribution in [3.05, 3.63) is 63.1 Å². The van der Waals surface area contributed by atoms with Crippen LogP contribution in [-0.4, -0.2) is 11.8 Å². The number of benzene rings is 2. The number of alkyl halides is 6. The molecule has 1 aliphatic rings. The average Bonchev–Trinajstić information content (AvgIpc) is 2.59. The highest BCUT2D eigenvalue weighted by molar-refractivity contribution is 6.36. The normalized spacial score (nSPS) is 16.3. The van der Waals surface area contributed by atoms with Gasteiger partial charge in [-0.05, 0) is 35.9 Å². The number of nitrogens with zero attached hydrogens (tertiary/aromatic N) is 1. The highest BCUT2D eigenvalue weighted by Gasteiger charge is 2.41. The first-order valence-electron chi connectivity index (χ1n) is 8.38. The number of rotatable bonds is 2. The number of halogens is 8. The first kappa shape index (κ1) is 22.4. The van der Waals surface area contributed by atoms with Crippen LogP contribution in [0.2, 0.25) is 10.0 Å². The molecule has 2 amide bonds. The van der Waals surface area contributed by atoms with Gasteiger partial charge in [-0.25, -0.2) is 0 Å². The highest BCUT2D eigenvalue weighted by Crippen LogP contribution is 2.42. The first-order chi connectivity index (χ1) is 13.8. The summed E-state index contributed by atoms with van der Waals surface area (Å²) in [5, 5.41) is 0.389. The zero-order valence-corrected chi connectivity index (χ0v) is 16.3. The maximum absolute atomic E-state index is 13.1. The molecule has 0 N–H and O–H groups in total. The second-order valence-corrected chi connectivity index (χ2v) is 7.44. The highest BCUT2D eigenvalue weighted by atomic mass is 35.5. The smallest absolute Gasteiger partial charge is 0.274 e. The molecular weight excluding hydrogens is 459 g/mol. The maximum Gasteiger partial charge on any atom is 0.416 e. The molecule has 30 heavy (non-hydrogen) atoms. The SMILES string of the molecule is O=C1CC(c2c(Cl)cccc2Cl)CC(=O)N1c1cc(C(F)(F)F)cc(C(F)(F)F)c1. The minimum absolute atomic E-state index is 0.0747. The van der Waals surface area contributed by atoms with Gasteiger partial charge in [0.25, 0.3) is 0 Å². The summed E-state index contributed by atoms with van der Waals surface area (Å²) in [4.78, 5) is 25.5. The Balaban J connectivity index is 2.02. The van der Waals surface area contributed by atoms with Crippen LogP contribution < -0.4 is 4.90 Å². The van der Waals surface area contributed by atoms with E-state index in [0.717, 1.165) is 0 Å². The van der Waals surface area contributed by atoms with Crippen LogP contribution in [-0.2, 0) is 21.9 Å². The van der Waals surface area contributed by atoms with E-state index in [0.29, 0.717) is 22.6 Å². The molecule has 2 aromatic rings. The van der Waals surface area contributed by atoms with Crippen molar-refractivity contribution in [2.24, 2.45) is 0 Å². The van der Waals surface area contributed by atoms with Crippen LogP contribution >= 0.6 is 23.2 Å². The fraction of sp³-hybridized carbons (Fsp3) is 0.263. The van der Waals surface area contributed by atoms with Crippen LogP contribution in [0.1, 0.15) is 35.4 Å². The number of imide groups is 1. The first-order valence-corrected chi connectivity index (χ1v) is 9.14. The number of hydrogen-bond donors (Lipinski definition) is 0. The van der Waals surface area contributed by atoms with Gasteiger partial charge < -0.3 is 0 Å². The van der Waals surface area contributed by atoms with Crippen molar-refractivity contribution < 1.29 is 35.9 Å². The Bertz CT molecular complexity index is 949. The molecule has 160 valence electrons. The van der Waals surface area contributed by atoms with Crippen molar-refractivity contribution in [3.8, 4) is 0 Å². The standard InChI is InChI=1S/C19H11Cl2F6NO2/c20-13-2-1-3-14(21)17(13)9-4-15(29)28(16(30)5-9)12-7-10(18(22,23)24)6-11(8-12)19(25,26)27/h1-3,6-9H,4-5H2. The fourth-order valence-corrected chi connectivity index (χ4v) is 3.98. The Labute approximate surface area is 176 Å². The van der Waals surface area contributed by atoms with Gasteiger partial charge in [0.2, 0.25) is 11.8 Å². The van der Waals surface area contributed by atoms with Crippen LogP contribution in [0.25, 0.3) is 0 Å². The molecule has 0 atom stereocenters. The molecule has 1 heterocycles. The van der Waals surface area contributed by atoms with Crippen molar-refractivity contribution in [2.75, 3.05) is 4.90 Å².